The number of hydrogen-bond donors (Lipinski definition) is 1. The summed E-state index contributed by atoms with van der Waals surface area (Å²) in [5.41, 5.74) is 1.000. The maximum atomic E-state index is 12.8. The van der Waals surface area contributed by atoms with Gasteiger partial charge in [0.2, 0.25) is 11.8 Å². The van der Waals surface area contributed by atoms with Gasteiger partial charge in [0.05, 0.1) is 0 Å². The molecule has 2 amide bonds. The molecule has 0 unspecified atom stereocenters. The number of benzene rings is 2. The number of para-hydroxylation sites is 1. The Morgan fingerprint density at radius 2 is 1.72 bits per heavy atom. The van der Waals surface area contributed by atoms with Gasteiger partial charge in [-0.05, 0) is 49.1 Å². The third-order valence-electron chi connectivity index (χ3n) is 4.65. The van der Waals surface area contributed by atoms with E-state index in [9.17, 15) is 9.59 Å². The van der Waals surface area contributed by atoms with Gasteiger partial charge in [-0.25, -0.2) is 0 Å². The molecule has 2 aromatic rings. The number of hydrogen-bond acceptors (Lipinski definition) is 2. The molecule has 2 aromatic carbocycles. The Bertz CT molecular complexity index is 755. The number of amides is 2. The van der Waals surface area contributed by atoms with E-state index in [1.165, 1.54) is 0 Å². The number of carbonyl (C=O) groups is 2. The highest BCUT2D eigenvalue weighted by Crippen LogP contribution is 2.47. The number of rotatable bonds is 6. The van der Waals surface area contributed by atoms with Gasteiger partial charge in [0, 0.05) is 24.3 Å². The van der Waals surface area contributed by atoms with Gasteiger partial charge in [-0.1, -0.05) is 41.9 Å². The lowest BCUT2D eigenvalue weighted by Gasteiger charge is -2.23. The maximum absolute atomic E-state index is 12.8. The van der Waals surface area contributed by atoms with Gasteiger partial charge in [-0.15, -0.1) is 0 Å². The van der Waals surface area contributed by atoms with Crippen molar-refractivity contribution in [2.24, 2.45) is 5.41 Å². The molecule has 5 heteroatoms. The first-order valence-electron chi connectivity index (χ1n) is 8.39. The van der Waals surface area contributed by atoms with Crippen molar-refractivity contribution in [2.75, 3.05) is 18.5 Å². The van der Waals surface area contributed by atoms with Crippen LogP contribution in [0.3, 0.4) is 0 Å². The number of anilines is 1. The van der Waals surface area contributed by atoms with Crippen LogP contribution < -0.4 is 10.2 Å². The average Bonchev–Trinajstić information content (AvgIpc) is 3.45. The Labute approximate surface area is 152 Å². The Hall–Kier alpha value is -2.33. The van der Waals surface area contributed by atoms with Crippen LogP contribution in [0.5, 0.6) is 0 Å². The molecule has 3 rings (SSSR count). The van der Waals surface area contributed by atoms with Crippen molar-refractivity contribution in [3.63, 3.8) is 0 Å². The van der Waals surface area contributed by atoms with Gasteiger partial charge in [0.25, 0.3) is 0 Å². The normalized spacial score (nSPS) is 14.6. The first-order valence-corrected chi connectivity index (χ1v) is 8.77. The fourth-order valence-corrected chi connectivity index (χ4v) is 3.02. The molecule has 4 nitrogen and oxygen atoms in total. The van der Waals surface area contributed by atoms with Gasteiger partial charge >= 0.3 is 0 Å². The van der Waals surface area contributed by atoms with E-state index in [0.29, 0.717) is 30.8 Å². The molecular formula is C20H21ClN2O2. The summed E-state index contributed by atoms with van der Waals surface area (Å²) >= 11 is 5.87. The summed E-state index contributed by atoms with van der Waals surface area (Å²) in [4.78, 5) is 26.9. The number of nitrogens with one attached hydrogen (secondary N) is 1. The highest BCUT2D eigenvalue weighted by molar-refractivity contribution is 6.30. The highest BCUT2D eigenvalue weighted by atomic mass is 35.5. The fourth-order valence-electron chi connectivity index (χ4n) is 2.89. The molecule has 25 heavy (non-hydrogen) atoms. The van der Waals surface area contributed by atoms with E-state index in [-0.39, 0.29) is 11.8 Å². The molecule has 0 aliphatic heterocycles. The highest BCUT2D eigenvalue weighted by Gasteiger charge is 2.57. The van der Waals surface area contributed by atoms with Crippen LogP contribution >= 0.6 is 11.6 Å². The largest absolute Gasteiger partial charge is 0.355 e. The molecule has 0 bridgehead atoms. The van der Waals surface area contributed by atoms with E-state index in [1.807, 2.05) is 54.6 Å². The second kappa shape index (κ2) is 7.28. The van der Waals surface area contributed by atoms with Gasteiger partial charge in [-0.3, -0.25) is 9.59 Å². The molecule has 0 radical (unpaired) electrons. The lowest BCUT2D eigenvalue weighted by atomic mass is 10.0. The van der Waals surface area contributed by atoms with Crippen LogP contribution in [-0.2, 0) is 16.0 Å². The lowest BCUT2D eigenvalue weighted by molar-refractivity contribution is -0.135. The molecule has 1 aliphatic carbocycles. The van der Waals surface area contributed by atoms with Gasteiger partial charge in [0.1, 0.15) is 5.41 Å². The summed E-state index contributed by atoms with van der Waals surface area (Å²) in [6.45, 7) is 0.505. The number of nitrogens with zero attached hydrogens (tertiary/aromatic N) is 1. The first kappa shape index (κ1) is 17.5. The summed E-state index contributed by atoms with van der Waals surface area (Å²) in [5, 5.41) is 3.61. The summed E-state index contributed by atoms with van der Waals surface area (Å²) in [6.07, 6.45) is 1.92. The molecule has 1 saturated carbocycles. The van der Waals surface area contributed by atoms with Crippen LogP contribution in [0.4, 0.5) is 5.69 Å². The Balaban J connectivity index is 1.57. The van der Waals surface area contributed by atoms with Crippen LogP contribution in [0, 0.1) is 5.41 Å². The third-order valence-corrected chi connectivity index (χ3v) is 4.91. The van der Waals surface area contributed by atoms with Crippen molar-refractivity contribution in [1.29, 1.82) is 0 Å². The Morgan fingerprint density at radius 1 is 1.08 bits per heavy atom. The lowest BCUT2D eigenvalue weighted by Crippen LogP contribution is -2.44. The van der Waals surface area contributed by atoms with E-state index >= 15 is 0 Å². The monoisotopic (exact) mass is 356 g/mol. The summed E-state index contributed by atoms with van der Waals surface area (Å²) in [6, 6.07) is 16.9. The van der Waals surface area contributed by atoms with Crippen LogP contribution in [0.2, 0.25) is 5.02 Å². The number of halogens is 1. The predicted octanol–water partition coefficient (Wildman–Crippen LogP) is 3.44. The molecule has 0 atom stereocenters. The topological polar surface area (TPSA) is 49.4 Å². The SMILES string of the molecule is CN(C(=O)C1(C(=O)NCCc2ccc(Cl)cc2)CC1)c1ccccc1. The zero-order chi connectivity index (χ0) is 17.9. The standard InChI is InChI=1S/C20H21ClN2O2/c1-23(17-5-3-2-4-6-17)19(25)20(12-13-20)18(24)22-14-11-15-7-9-16(21)10-8-15/h2-10H,11-14H2,1H3,(H,22,24). The van der Waals surface area contributed by atoms with Crippen LogP contribution in [0.25, 0.3) is 0 Å². The van der Waals surface area contributed by atoms with E-state index in [2.05, 4.69) is 5.32 Å². The van der Waals surface area contributed by atoms with E-state index < -0.39 is 5.41 Å². The van der Waals surface area contributed by atoms with Crippen molar-refractivity contribution in [2.45, 2.75) is 19.3 Å². The maximum Gasteiger partial charge on any atom is 0.242 e. The van der Waals surface area contributed by atoms with Crippen LogP contribution in [0.15, 0.2) is 54.6 Å². The van der Waals surface area contributed by atoms with Crippen LogP contribution in [0.1, 0.15) is 18.4 Å². The smallest absolute Gasteiger partial charge is 0.242 e. The molecule has 1 fully saturated rings. The Kier molecular flexibility index (Phi) is 5.09. The first-order chi connectivity index (χ1) is 12.0. The van der Waals surface area contributed by atoms with Crippen LogP contribution in [-0.4, -0.2) is 25.4 Å². The van der Waals surface area contributed by atoms with Crippen molar-refractivity contribution in [3.8, 4) is 0 Å². The third kappa shape index (κ3) is 3.85. The van der Waals surface area contributed by atoms with Crippen molar-refractivity contribution in [3.05, 3.63) is 65.2 Å². The molecular weight excluding hydrogens is 336 g/mol. The van der Waals surface area contributed by atoms with Crippen molar-refractivity contribution < 1.29 is 9.59 Å². The molecule has 1 aliphatic rings. The summed E-state index contributed by atoms with van der Waals surface area (Å²) in [7, 11) is 1.72. The zero-order valence-corrected chi connectivity index (χ0v) is 14.9. The minimum absolute atomic E-state index is 0.136. The van der Waals surface area contributed by atoms with E-state index in [1.54, 1.807) is 11.9 Å². The minimum atomic E-state index is -0.898. The van der Waals surface area contributed by atoms with E-state index in [0.717, 1.165) is 11.3 Å². The second-order valence-electron chi connectivity index (χ2n) is 6.41. The molecule has 0 saturated heterocycles. The van der Waals surface area contributed by atoms with Crippen molar-refractivity contribution >= 4 is 29.1 Å². The molecule has 0 heterocycles. The van der Waals surface area contributed by atoms with Gasteiger partial charge < -0.3 is 10.2 Å². The average molecular weight is 357 g/mol. The quantitative estimate of drug-likeness (QED) is 0.806. The summed E-state index contributed by atoms with van der Waals surface area (Å²) in [5.74, 6) is -0.308. The molecule has 0 aromatic heterocycles. The zero-order valence-electron chi connectivity index (χ0n) is 14.2. The molecule has 1 N–H and O–H groups in total. The summed E-state index contributed by atoms with van der Waals surface area (Å²) < 4.78 is 0. The predicted molar refractivity (Wildman–Crippen MR) is 99.7 cm³/mol. The Morgan fingerprint density at radius 3 is 2.32 bits per heavy atom. The van der Waals surface area contributed by atoms with E-state index in [4.69, 9.17) is 11.6 Å². The van der Waals surface area contributed by atoms with Gasteiger partial charge in [-0.2, -0.15) is 0 Å². The van der Waals surface area contributed by atoms with Gasteiger partial charge in [0.15, 0.2) is 0 Å². The molecule has 130 valence electrons. The number of carbonyl (C=O) groups excluding carboxylic acids is 2. The fraction of sp³-hybridized carbons (Fsp3) is 0.300. The molecule has 0 spiro atoms. The minimum Gasteiger partial charge on any atom is -0.355 e. The second-order valence-corrected chi connectivity index (χ2v) is 6.85. The van der Waals surface area contributed by atoms with Crippen molar-refractivity contribution in [1.82, 2.24) is 5.32 Å².